The van der Waals surface area contributed by atoms with Gasteiger partial charge in [0, 0.05) is 5.56 Å². The van der Waals surface area contributed by atoms with Gasteiger partial charge >= 0.3 is 0 Å². The minimum Gasteiger partial charge on any atom is -0.494 e. The monoisotopic (exact) mass is 262 g/mol. The van der Waals surface area contributed by atoms with Crippen LogP contribution in [-0.2, 0) is 6.42 Å². The Bertz CT molecular complexity index is 515. The lowest BCUT2D eigenvalue weighted by Crippen LogP contribution is -2.02. The van der Waals surface area contributed by atoms with E-state index in [2.05, 4.69) is 0 Å². The zero-order valence-electron chi connectivity index (χ0n) is 10.8. The van der Waals surface area contributed by atoms with Crippen molar-refractivity contribution in [2.24, 2.45) is 0 Å². The van der Waals surface area contributed by atoms with Crippen LogP contribution in [0.4, 0.5) is 8.78 Å². The maximum atomic E-state index is 13.4. The molecule has 3 heteroatoms. The fourth-order valence-electron chi connectivity index (χ4n) is 1.84. The molecule has 2 aromatic carbocycles. The van der Waals surface area contributed by atoms with Gasteiger partial charge in [-0.1, -0.05) is 23.8 Å². The van der Waals surface area contributed by atoms with Crippen LogP contribution in [-0.4, -0.2) is 6.61 Å². The number of aryl methyl sites for hydroxylation is 1. The van der Waals surface area contributed by atoms with Crippen molar-refractivity contribution >= 4 is 0 Å². The highest BCUT2D eigenvalue weighted by molar-refractivity contribution is 5.26. The number of hydrogen-bond donors (Lipinski definition) is 0. The summed E-state index contributed by atoms with van der Waals surface area (Å²) in [5.74, 6) is -0.203. The standard InChI is InChI=1S/C16H16F2O/c1-12-7-9-13(10-8-12)19-11-3-4-14-15(17)5-2-6-16(14)18/h2,5-10H,3-4,11H2,1H3. The Labute approximate surface area is 111 Å². The minimum absolute atomic E-state index is 0.134. The Morgan fingerprint density at radius 3 is 2.21 bits per heavy atom. The summed E-state index contributed by atoms with van der Waals surface area (Å²) < 4.78 is 32.2. The van der Waals surface area contributed by atoms with E-state index in [0.717, 1.165) is 5.75 Å². The minimum atomic E-state index is -0.490. The molecule has 0 saturated heterocycles. The molecule has 0 amide bonds. The summed E-state index contributed by atoms with van der Waals surface area (Å²) in [7, 11) is 0. The summed E-state index contributed by atoms with van der Waals surface area (Å²) in [6.07, 6.45) is 0.913. The summed E-state index contributed by atoms with van der Waals surface area (Å²) >= 11 is 0. The van der Waals surface area contributed by atoms with Gasteiger partial charge < -0.3 is 4.74 Å². The van der Waals surface area contributed by atoms with Crippen LogP contribution in [0.15, 0.2) is 42.5 Å². The van der Waals surface area contributed by atoms with Crippen LogP contribution in [0.3, 0.4) is 0 Å². The van der Waals surface area contributed by atoms with E-state index in [1.165, 1.54) is 23.8 Å². The third-order valence-corrected chi connectivity index (χ3v) is 2.92. The summed E-state index contributed by atoms with van der Waals surface area (Å²) in [6, 6.07) is 11.6. The zero-order chi connectivity index (χ0) is 13.7. The molecule has 0 saturated carbocycles. The first-order valence-corrected chi connectivity index (χ1v) is 6.29. The maximum absolute atomic E-state index is 13.4. The Morgan fingerprint density at radius 2 is 1.58 bits per heavy atom. The normalized spacial score (nSPS) is 10.5. The zero-order valence-corrected chi connectivity index (χ0v) is 10.8. The lowest BCUT2D eigenvalue weighted by Gasteiger charge is -2.07. The Balaban J connectivity index is 1.82. The molecule has 19 heavy (non-hydrogen) atoms. The molecule has 0 aromatic heterocycles. The SMILES string of the molecule is Cc1ccc(OCCCc2c(F)cccc2F)cc1. The third-order valence-electron chi connectivity index (χ3n) is 2.92. The van der Waals surface area contributed by atoms with E-state index in [1.54, 1.807) is 0 Å². The van der Waals surface area contributed by atoms with Crippen LogP contribution in [0, 0.1) is 18.6 Å². The van der Waals surface area contributed by atoms with Gasteiger partial charge in [0.1, 0.15) is 17.4 Å². The van der Waals surface area contributed by atoms with Crippen molar-refractivity contribution in [3.05, 3.63) is 65.2 Å². The lowest BCUT2D eigenvalue weighted by atomic mass is 10.1. The highest BCUT2D eigenvalue weighted by atomic mass is 19.1. The van der Waals surface area contributed by atoms with Crippen molar-refractivity contribution in [1.82, 2.24) is 0 Å². The predicted octanol–water partition coefficient (Wildman–Crippen LogP) is 4.28. The van der Waals surface area contributed by atoms with Gasteiger partial charge in [0.15, 0.2) is 0 Å². The molecule has 2 aromatic rings. The molecule has 0 unspecified atom stereocenters. The topological polar surface area (TPSA) is 9.23 Å². The second-order valence-corrected chi connectivity index (χ2v) is 4.47. The van der Waals surface area contributed by atoms with Crippen LogP contribution >= 0.6 is 0 Å². The van der Waals surface area contributed by atoms with Crippen molar-refractivity contribution in [3.8, 4) is 5.75 Å². The van der Waals surface area contributed by atoms with Crippen LogP contribution in [0.25, 0.3) is 0 Å². The van der Waals surface area contributed by atoms with Gasteiger partial charge in [-0.2, -0.15) is 0 Å². The molecular weight excluding hydrogens is 246 g/mol. The molecule has 1 nitrogen and oxygen atoms in total. The molecule has 0 aliphatic carbocycles. The molecule has 2 rings (SSSR count). The third kappa shape index (κ3) is 3.78. The van der Waals surface area contributed by atoms with Gasteiger partial charge in [0.05, 0.1) is 6.61 Å². The van der Waals surface area contributed by atoms with Crippen molar-refractivity contribution in [3.63, 3.8) is 0 Å². The van der Waals surface area contributed by atoms with Gasteiger partial charge in [-0.15, -0.1) is 0 Å². The number of benzene rings is 2. The molecule has 0 bridgehead atoms. The van der Waals surface area contributed by atoms with Gasteiger partial charge in [-0.05, 0) is 44.0 Å². The predicted molar refractivity (Wildman–Crippen MR) is 71.4 cm³/mol. The van der Waals surface area contributed by atoms with E-state index in [9.17, 15) is 8.78 Å². The molecular formula is C16H16F2O. The molecule has 0 N–H and O–H groups in total. The summed E-state index contributed by atoms with van der Waals surface area (Å²) in [5, 5.41) is 0. The Hall–Kier alpha value is -1.90. The van der Waals surface area contributed by atoms with E-state index in [4.69, 9.17) is 4.74 Å². The molecule has 0 aliphatic heterocycles. The summed E-state index contributed by atoms with van der Waals surface area (Å²) in [5.41, 5.74) is 1.30. The van der Waals surface area contributed by atoms with Gasteiger partial charge in [0.2, 0.25) is 0 Å². The van der Waals surface area contributed by atoms with Crippen molar-refractivity contribution in [2.75, 3.05) is 6.61 Å². The average molecular weight is 262 g/mol. The van der Waals surface area contributed by atoms with E-state index in [0.29, 0.717) is 19.4 Å². The Morgan fingerprint density at radius 1 is 0.947 bits per heavy atom. The van der Waals surface area contributed by atoms with Crippen LogP contribution < -0.4 is 4.74 Å². The van der Waals surface area contributed by atoms with Crippen molar-refractivity contribution < 1.29 is 13.5 Å². The van der Waals surface area contributed by atoms with Gasteiger partial charge in [-0.25, -0.2) is 8.78 Å². The quantitative estimate of drug-likeness (QED) is 0.730. The first-order valence-electron chi connectivity index (χ1n) is 6.29. The highest BCUT2D eigenvalue weighted by Crippen LogP contribution is 2.15. The molecule has 0 atom stereocenters. The molecule has 0 fully saturated rings. The Kier molecular flexibility index (Phi) is 4.50. The van der Waals surface area contributed by atoms with E-state index < -0.39 is 11.6 Å². The van der Waals surface area contributed by atoms with Gasteiger partial charge in [-0.3, -0.25) is 0 Å². The van der Waals surface area contributed by atoms with E-state index >= 15 is 0 Å². The van der Waals surface area contributed by atoms with Gasteiger partial charge in [0.25, 0.3) is 0 Å². The lowest BCUT2D eigenvalue weighted by molar-refractivity contribution is 0.309. The first kappa shape index (κ1) is 13.5. The summed E-state index contributed by atoms with van der Waals surface area (Å²) in [6.45, 7) is 2.45. The largest absolute Gasteiger partial charge is 0.494 e. The molecule has 0 aliphatic rings. The number of halogens is 2. The summed E-state index contributed by atoms with van der Waals surface area (Å²) in [4.78, 5) is 0. The molecule has 100 valence electrons. The van der Waals surface area contributed by atoms with Crippen LogP contribution in [0.5, 0.6) is 5.75 Å². The fraction of sp³-hybridized carbons (Fsp3) is 0.250. The van der Waals surface area contributed by atoms with Crippen molar-refractivity contribution in [2.45, 2.75) is 19.8 Å². The first-order chi connectivity index (χ1) is 9.16. The highest BCUT2D eigenvalue weighted by Gasteiger charge is 2.07. The molecule has 0 heterocycles. The van der Waals surface area contributed by atoms with Crippen LogP contribution in [0.1, 0.15) is 17.5 Å². The molecule has 0 radical (unpaired) electrons. The second kappa shape index (κ2) is 6.32. The van der Waals surface area contributed by atoms with E-state index in [-0.39, 0.29) is 5.56 Å². The average Bonchev–Trinajstić information content (AvgIpc) is 2.39. The second-order valence-electron chi connectivity index (χ2n) is 4.47. The van der Waals surface area contributed by atoms with Crippen LogP contribution in [0.2, 0.25) is 0 Å². The van der Waals surface area contributed by atoms with E-state index in [1.807, 2.05) is 31.2 Å². The number of hydrogen-bond acceptors (Lipinski definition) is 1. The fourth-order valence-corrected chi connectivity index (χ4v) is 1.84. The number of rotatable bonds is 5. The smallest absolute Gasteiger partial charge is 0.129 e. The maximum Gasteiger partial charge on any atom is 0.129 e. The number of ether oxygens (including phenoxy) is 1. The van der Waals surface area contributed by atoms with Crippen molar-refractivity contribution in [1.29, 1.82) is 0 Å². The molecule has 0 spiro atoms.